The van der Waals surface area contributed by atoms with E-state index in [1.165, 1.54) is 18.3 Å². The Morgan fingerprint density at radius 1 is 1.17 bits per heavy atom. The predicted molar refractivity (Wildman–Crippen MR) is 247 cm³/mol. The third kappa shape index (κ3) is 9.73. The summed E-state index contributed by atoms with van der Waals surface area (Å²) in [7, 11) is 0.612. The number of ether oxygens (including phenoxy) is 5. The number of carbonyl (C=O) groups excluding carboxylic acids is 3. The zero-order valence-electron chi connectivity index (χ0n) is 36.2. The van der Waals surface area contributed by atoms with Crippen molar-refractivity contribution >= 4 is 71.9 Å². The van der Waals surface area contributed by atoms with Crippen molar-refractivity contribution in [1.29, 1.82) is 0 Å². The average Bonchev–Trinajstić information content (AvgIpc) is 3.63. The lowest BCUT2D eigenvalue weighted by Gasteiger charge is -2.51. The molecule has 9 unspecified atom stereocenters. The average molecular weight is 933 g/mol. The van der Waals surface area contributed by atoms with Gasteiger partial charge in [-0.15, -0.1) is 21.2 Å². The number of methoxy groups -OCH3 is 1. The molecule has 2 saturated heterocycles. The Bertz CT molecular complexity index is 2540. The molecule has 340 valence electrons. The molecule has 11 atom stereocenters. The molecule has 0 bridgehead atoms. The normalized spacial score (nSPS) is 31.1. The van der Waals surface area contributed by atoms with E-state index < -0.39 is 87.3 Å². The minimum absolute atomic E-state index is 0.0446. The first-order valence-electron chi connectivity index (χ1n) is 20.9. The highest BCUT2D eigenvalue weighted by atomic mass is 32.8. The van der Waals surface area contributed by atoms with Crippen LogP contribution in [0.4, 0.5) is 4.79 Å². The van der Waals surface area contributed by atoms with Gasteiger partial charge in [0.05, 0.1) is 43.1 Å². The van der Waals surface area contributed by atoms with Crippen LogP contribution in [0.25, 0.3) is 21.8 Å². The number of hydrogen-bond acceptors (Lipinski definition) is 15. The van der Waals surface area contributed by atoms with Crippen LogP contribution in [-0.2, 0) is 49.1 Å². The highest BCUT2D eigenvalue weighted by Gasteiger charge is 2.61. The first-order chi connectivity index (χ1) is 30.7. The van der Waals surface area contributed by atoms with E-state index in [2.05, 4.69) is 44.3 Å². The summed E-state index contributed by atoms with van der Waals surface area (Å²) in [6.45, 7) is 6.07. The number of fused-ring (bicyclic) bond motifs is 4. The van der Waals surface area contributed by atoms with E-state index in [4.69, 9.17) is 34.9 Å². The number of hydrogen-bond donors (Lipinski definition) is 6. The molecule has 2 fully saturated rings. The first-order valence-corrected chi connectivity index (χ1v) is 24.8. The Labute approximate surface area is 382 Å². The molecule has 4 heterocycles. The van der Waals surface area contributed by atoms with Crippen molar-refractivity contribution in [2.75, 3.05) is 32.0 Å². The molecule has 0 saturated carbocycles. The molecular formula is C46H52N4O11S3. The highest BCUT2D eigenvalue weighted by Crippen LogP contribution is 2.46. The second-order valence-electron chi connectivity index (χ2n) is 16.2. The summed E-state index contributed by atoms with van der Waals surface area (Å²) < 4.78 is 29.7. The van der Waals surface area contributed by atoms with Crippen molar-refractivity contribution in [3.8, 4) is 29.4 Å². The molecule has 18 heteroatoms. The molecule has 2 aromatic heterocycles. The number of aliphatic hydroxyl groups is 2. The van der Waals surface area contributed by atoms with E-state index in [9.17, 15) is 24.9 Å². The highest BCUT2D eigenvalue weighted by molar-refractivity contribution is 8.28. The third-order valence-electron chi connectivity index (χ3n) is 11.7. The van der Waals surface area contributed by atoms with Gasteiger partial charge in [-0.1, -0.05) is 54.8 Å². The lowest BCUT2D eigenvalue weighted by Crippen LogP contribution is -2.68. The number of nitrogens with one attached hydrogen (secondary N) is 3. The number of aromatic nitrogens is 2. The summed E-state index contributed by atoms with van der Waals surface area (Å²) in [6, 6.07) is 6.87. The number of allylic oxidation sites excluding steroid dienone is 3. The van der Waals surface area contributed by atoms with Crippen molar-refractivity contribution in [2.45, 2.75) is 100.0 Å². The Kier molecular flexibility index (Phi) is 15.1. The van der Waals surface area contributed by atoms with Crippen molar-refractivity contribution in [1.82, 2.24) is 20.6 Å². The fourth-order valence-corrected chi connectivity index (χ4v) is 10.4. The zero-order chi connectivity index (χ0) is 45.9. The Balaban J connectivity index is 1.33. The number of Topliss-reactive ketones (excluding diaryl/α,β-unsaturated/α-hetero) is 2. The number of benzene rings is 1. The van der Waals surface area contributed by atoms with E-state index in [0.29, 0.717) is 52.6 Å². The van der Waals surface area contributed by atoms with Crippen LogP contribution in [0.15, 0.2) is 65.5 Å². The quantitative estimate of drug-likeness (QED) is 0.0866. The number of ketones is 2. The van der Waals surface area contributed by atoms with Gasteiger partial charge < -0.3 is 49.3 Å². The summed E-state index contributed by atoms with van der Waals surface area (Å²) in [6.07, 6.45) is 0.581. The van der Waals surface area contributed by atoms with E-state index in [1.807, 2.05) is 20.1 Å². The van der Waals surface area contributed by atoms with Crippen LogP contribution in [-0.4, -0.2) is 135 Å². The van der Waals surface area contributed by atoms with Crippen molar-refractivity contribution in [3.63, 3.8) is 0 Å². The monoisotopic (exact) mass is 932 g/mol. The molecular weight excluding hydrogens is 881 g/mol. The number of phenolic OH excluding ortho intramolecular Hbond substituents is 1. The van der Waals surface area contributed by atoms with E-state index in [0.717, 1.165) is 18.9 Å². The second-order valence-corrected chi connectivity index (χ2v) is 20.5. The fraction of sp³-hybridized carbons (Fsp3) is 0.478. The number of aromatic amines is 1. The lowest BCUT2D eigenvalue weighted by molar-refractivity contribution is -0.322. The van der Waals surface area contributed by atoms with E-state index in [-0.39, 0.29) is 34.8 Å². The van der Waals surface area contributed by atoms with Crippen LogP contribution in [0.1, 0.15) is 50.5 Å². The topological polar surface area (TPSA) is 211 Å². The number of nitrogens with zero attached hydrogens (tertiary/aromatic N) is 1. The number of amides is 1. The number of pyridine rings is 1. The summed E-state index contributed by atoms with van der Waals surface area (Å²) >= 11 is 6.62. The van der Waals surface area contributed by atoms with Gasteiger partial charge in [0, 0.05) is 52.3 Å². The van der Waals surface area contributed by atoms with Crippen LogP contribution >= 0.6 is 11.8 Å². The molecule has 1 amide bonds. The summed E-state index contributed by atoms with van der Waals surface area (Å²) in [5, 5.41) is 42.3. The van der Waals surface area contributed by atoms with Gasteiger partial charge in [0.2, 0.25) is 5.78 Å². The number of thioether (sulfide) groups is 1. The van der Waals surface area contributed by atoms with Gasteiger partial charge in [-0.3, -0.25) is 19.9 Å². The van der Waals surface area contributed by atoms with Crippen LogP contribution in [0.3, 0.4) is 0 Å². The summed E-state index contributed by atoms with van der Waals surface area (Å²) in [5.74, 6) is 10.1. The maximum absolute atomic E-state index is 15.2. The molecule has 7 rings (SSSR count). The molecule has 2 aliphatic heterocycles. The molecule has 64 heavy (non-hydrogen) atoms. The van der Waals surface area contributed by atoms with Gasteiger partial charge in [-0.25, -0.2) is 4.79 Å². The smallest absolute Gasteiger partial charge is 0.411 e. The summed E-state index contributed by atoms with van der Waals surface area (Å²) in [5.41, 5.74) is 1.37. The Morgan fingerprint density at radius 3 is 2.66 bits per heavy atom. The molecule has 6 N–H and O–H groups in total. The van der Waals surface area contributed by atoms with Crippen molar-refractivity contribution < 1.29 is 53.4 Å². The molecule has 15 nitrogen and oxygen atoms in total. The molecule has 4 aliphatic rings. The molecule has 1 aromatic carbocycles. The lowest BCUT2D eigenvalue weighted by atomic mass is 9.82. The largest absolute Gasteiger partial charge is 0.508 e. The molecule has 2 aliphatic carbocycles. The number of aliphatic hydroxyl groups excluding tert-OH is 2. The second kappa shape index (κ2) is 20.4. The Morgan fingerprint density at radius 2 is 1.95 bits per heavy atom. The zero-order valence-corrected chi connectivity index (χ0v) is 38.7. The number of rotatable bonds is 12. The van der Waals surface area contributed by atoms with Crippen molar-refractivity contribution in [3.05, 3.63) is 71.2 Å². The number of alkyl carbamates (subject to hydrolysis) is 1. The molecule has 3 aromatic rings. The van der Waals surface area contributed by atoms with Crippen LogP contribution in [0.5, 0.6) is 5.75 Å². The van der Waals surface area contributed by atoms with Gasteiger partial charge >= 0.3 is 6.09 Å². The SMILES string of the molecule is COC(=O)NC1=C2C#C/C=C\C#C[C@H](OC3OC(C)C(SC)(C(=O)c4nccc5c4[nH]c4ccc(O)cc45)C(O)C3OC3CCC(NC(C)C)CO3)C2/C(=C\CS(C)=S)[C@@H](O)CC1=O. The number of carbonyl (C=O) groups is 3. The van der Waals surface area contributed by atoms with E-state index >= 15 is 4.79 Å². The van der Waals surface area contributed by atoms with Crippen LogP contribution in [0.2, 0.25) is 0 Å². The minimum atomic E-state index is -1.74. The molecule has 0 spiro atoms. The minimum Gasteiger partial charge on any atom is -0.508 e. The predicted octanol–water partition coefficient (Wildman–Crippen LogP) is 3.86. The standard InChI is InChI=1S/C46H52N4O11S3/c1-24(2)48-26-13-16-36(58-23-26)61-41-43(55)46(63-5,42(54)40-39-28(17-19-47-40)31-21-27(51)14-15-32(31)49-39)25(3)59-44(41)60-35-12-10-8-7-9-11-30-37(35)29(18-20-64(6)62)33(52)22-34(53)38(30)50-45(56)57-4/h7-8,14-15,17-19,21,24-26,33,35-37,41,43-44,48-49,51-52,55H,13,16,20,22-23H2,1-6H3,(H,50,56)/b8-7-,29-18-/t25?,26?,33-,35-,36?,37?,41?,43?,44?,46?,64?/m0/s1. The third-order valence-corrected chi connectivity index (χ3v) is 14.2. The van der Waals surface area contributed by atoms with Gasteiger partial charge in [0.25, 0.3) is 0 Å². The van der Waals surface area contributed by atoms with Crippen LogP contribution in [0, 0.1) is 29.6 Å². The summed E-state index contributed by atoms with van der Waals surface area (Å²) in [4.78, 5) is 49.6. The van der Waals surface area contributed by atoms with Gasteiger partial charge in [-0.2, -0.15) is 0 Å². The number of aromatic hydroxyl groups is 1. The maximum atomic E-state index is 15.2. The maximum Gasteiger partial charge on any atom is 0.411 e. The Hall–Kier alpha value is -4.44. The fourth-order valence-electron chi connectivity index (χ4n) is 8.72. The first kappa shape index (κ1) is 47.5. The van der Waals surface area contributed by atoms with Crippen LogP contribution < -0.4 is 10.6 Å². The van der Waals surface area contributed by atoms with Gasteiger partial charge in [-0.05, 0) is 74.3 Å². The van der Waals surface area contributed by atoms with Crippen molar-refractivity contribution in [2.24, 2.45) is 5.92 Å². The van der Waals surface area contributed by atoms with E-state index in [1.54, 1.807) is 43.5 Å². The van der Waals surface area contributed by atoms with Gasteiger partial charge in [0.15, 0.2) is 18.4 Å². The van der Waals surface area contributed by atoms with Gasteiger partial charge in [0.1, 0.15) is 34.5 Å². The molecule has 0 radical (unpaired) electrons. The number of H-pyrrole nitrogens is 1. The number of phenols is 1.